The summed E-state index contributed by atoms with van der Waals surface area (Å²) in [6.07, 6.45) is 0. The first-order valence-corrected chi connectivity index (χ1v) is 6.16. The molecule has 0 spiro atoms. The molecule has 0 atom stereocenters. The Hall–Kier alpha value is -2.01. The highest BCUT2D eigenvalue weighted by Gasteiger charge is 2.22. The van der Waals surface area contributed by atoms with Crippen LogP contribution >= 0.6 is 0 Å². The predicted molar refractivity (Wildman–Crippen MR) is 75.2 cm³/mol. The second kappa shape index (κ2) is 4.59. The number of rotatable bonds is 3. The first-order chi connectivity index (χ1) is 8.85. The maximum atomic E-state index is 12.3. The number of hydrogen-bond donors (Lipinski definition) is 3. The van der Waals surface area contributed by atoms with E-state index >= 15 is 0 Å². The molecule has 4 N–H and O–H groups in total. The van der Waals surface area contributed by atoms with Crippen LogP contribution in [0, 0.1) is 0 Å². The molecule has 0 fully saturated rings. The standard InChI is InChI=1S/C14H19N3O2/c1-14(2,8-15)16-13(19)11-7-9-10(17(11)3)5-4-6-12(9)18/h4-7,18H,8,15H2,1-3H3,(H,16,19). The molecule has 2 aromatic rings. The van der Waals surface area contributed by atoms with Gasteiger partial charge in [0.1, 0.15) is 11.4 Å². The van der Waals surface area contributed by atoms with E-state index < -0.39 is 5.54 Å². The number of hydrogen-bond acceptors (Lipinski definition) is 3. The zero-order chi connectivity index (χ0) is 14.2. The zero-order valence-corrected chi connectivity index (χ0v) is 11.4. The average Bonchev–Trinajstić information content (AvgIpc) is 2.68. The Bertz CT molecular complexity index is 629. The van der Waals surface area contributed by atoms with Crippen LogP contribution < -0.4 is 11.1 Å². The number of carbonyl (C=O) groups is 1. The van der Waals surface area contributed by atoms with Crippen molar-refractivity contribution in [2.45, 2.75) is 19.4 Å². The first-order valence-electron chi connectivity index (χ1n) is 6.16. The Morgan fingerprint density at radius 3 is 2.74 bits per heavy atom. The highest BCUT2D eigenvalue weighted by atomic mass is 16.3. The van der Waals surface area contributed by atoms with Crippen LogP contribution in [0.15, 0.2) is 24.3 Å². The molecule has 0 saturated heterocycles. The summed E-state index contributed by atoms with van der Waals surface area (Å²) < 4.78 is 1.76. The lowest BCUT2D eigenvalue weighted by Gasteiger charge is -2.24. The van der Waals surface area contributed by atoms with Crippen molar-refractivity contribution in [3.63, 3.8) is 0 Å². The average molecular weight is 261 g/mol. The summed E-state index contributed by atoms with van der Waals surface area (Å²) in [5.41, 5.74) is 6.46. The molecule has 0 aliphatic carbocycles. The Balaban J connectivity index is 2.44. The Kier molecular flexibility index (Phi) is 3.24. The van der Waals surface area contributed by atoms with Crippen molar-refractivity contribution >= 4 is 16.8 Å². The minimum atomic E-state index is -0.463. The second-order valence-electron chi connectivity index (χ2n) is 5.34. The van der Waals surface area contributed by atoms with Gasteiger partial charge >= 0.3 is 0 Å². The van der Waals surface area contributed by atoms with Crippen molar-refractivity contribution in [3.8, 4) is 5.75 Å². The lowest BCUT2D eigenvalue weighted by Crippen LogP contribution is -2.49. The number of aryl methyl sites for hydroxylation is 1. The molecule has 1 aromatic heterocycles. The minimum Gasteiger partial charge on any atom is -0.507 e. The number of phenolic OH excluding ortho intramolecular Hbond substituents is 1. The zero-order valence-electron chi connectivity index (χ0n) is 11.4. The first kappa shape index (κ1) is 13.4. The molecule has 5 heteroatoms. The monoisotopic (exact) mass is 261 g/mol. The number of nitrogens with one attached hydrogen (secondary N) is 1. The summed E-state index contributed by atoms with van der Waals surface area (Å²) in [6, 6.07) is 6.91. The smallest absolute Gasteiger partial charge is 0.268 e. The van der Waals surface area contributed by atoms with Gasteiger partial charge in [0.2, 0.25) is 0 Å². The maximum absolute atomic E-state index is 12.3. The van der Waals surface area contributed by atoms with Crippen molar-refractivity contribution in [2.75, 3.05) is 6.54 Å². The normalized spacial score (nSPS) is 11.8. The number of aromatic nitrogens is 1. The van der Waals surface area contributed by atoms with Gasteiger partial charge in [-0.1, -0.05) is 6.07 Å². The summed E-state index contributed by atoms with van der Waals surface area (Å²) >= 11 is 0. The fourth-order valence-electron chi connectivity index (χ4n) is 1.99. The van der Waals surface area contributed by atoms with Crippen molar-refractivity contribution in [1.82, 2.24) is 9.88 Å². The Labute approximate surface area is 112 Å². The molecular weight excluding hydrogens is 242 g/mol. The molecule has 0 saturated carbocycles. The van der Waals surface area contributed by atoms with Crippen LogP contribution in [0.1, 0.15) is 24.3 Å². The SMILES string of the molecule is Cn1c(C(=O)NC(C)(C)CN)cc2c(O)cccc21. The van der Waals surface area contributed by atoms with Crippen LogP contribution in [0.4, 0.5) is 0 Å². The van der Waals surface area contributed by atoms with Crippen LogP contribution in [0.25, 0.3) is 10.9 Å². The summed E-state index contributed by atoms with van der Waals surface area (Å²) in [4.78, 5) is 12.3. The van der Waals surface area contributed by atoms with E-state index in [9.17, 15) is 9.90 Å². The lowest BCUT2D eigenvalue weighted by atomic mass is 10.1. The molecule has 0 aliphatic heterocycles. The fraction of sp³-hybridized carbons (Fsp3) is 0.357. The topological polar surface area (TPSA) is 80.3 Å². The van der Waals surface area contributed by atoms with Gasteiger partial charge in [-0.25, -0.2) is 0 Å². The van der Waals surface area contributed by atoms with Crippen LogP contribution in [-0.4, -0.2) is 27.7 Å². The third kappa shape index (κ3) is 2.42. The molecule has 19 heavy (non-hydrogen) atoms. The van der Waals surface area contributed by atoms with E-state index in [1.165, 1.54) is 0 Å². The van der Waals surface area contributed by atoms with Gasteiger partial charge in [0.25, 0.3) is 5.91 Å². The van der Waals surface area contributed by atoms with Gasteiger partial charge in [0.05, 0.1) is 5.52 Å². The molecular formula is C14H19N3O2. The van der Waals surface area contributed by atoms with Gasteiger partial charge in [-0.05, 0) is 32.0 Å². The predicted octanol–water partition coefficient (Wildman–Crippen LogP) is 1.35. The number of aromatic hydroxyl groups is 1. The molecule has 0 aliphatic rings. The second-order valence-corrected chi connectivity index (χ2v) is 5.34. The molecule has 102 valence electrons. The van der Waals surface area contributed by atoms with E-state index in [1.54, 1.807) is 29.8 Å². The molecule has 0 bridgehead atoms. The van der Waals surface area contributed by atoms with Gasteiger partial charge in [0.15, 0.2) is 0 Å². The van der Waals surface area contributed by atoms with E-state index in [2.05, 4.69) is 5.32 Å². The van der Waals surface area contributed by atoms with Crippen LogP contribution in [-0.2, 0) is 7.05 Å². The van der Waals surface area contributed by atoms with E-state index in [-0.39, 0.29) is 11.7 Å². The van der Waals surface area contributed by atoms with Crippen LogP contribution in [0.5, 0.6) is 5.75 Å². The third-order valence-corrected chi connectivity index (χ3v) is 3.26. The van der Waals surface area contributed by atoms with Gasteiger partial charge < -0.3 is 20.7 Å². The third-order valence-electron chi connectivity index (χ3n) is 3.26. The summed E-state index contributed by atoms with van der Waals surface area (Å²) in [5.74, 6) is -0.0289. The maximum Gasteiger partial charge on any atom is 0.268 e. The van der Waals surface area contributed by atoms with Gasteiger partial charge in [-0.15, -0.1) is 0 Å². The highest BCUT2D eigenvalue weighted by Crippen LogP contribution is 2.27. The number of fused-ring (bicyclic) bond motifs is 1. The molecule has 1 amide bonds. The largest absolute Gasteiger partial charge is 0.507 e. The molecule has 0 radical (unpaired) electrons. The Morgan fingerprint density at radius 1 is 1.47 bits per heavy atom. The van der Waals surface area contributed by atoms with Gasteiger partial charge in [-0.3, -0.25) is 4.79 Å². The van der Waals surface area contributed by atoms with Crippen molar-refractivity contribution in [1.29, 1.82) is 0 Å². The number of carbonyl (C=O) groups excluding carboxylic acids is 1. The summed E-state index contributed by atoms with van der Waals surface area (Å²) in [7, 11) is 1.80. The molecule has 2 rings (SSSR count). The van der Waals surface area contributed by atoms with Crippen molar-refractivity contribution in [3.05, 3.63) is 30.0 Å². The molecule has 0 unspecified atom stereocenters. The Morgan fingerprint density at radius 2 is 2.16 bits per heavy atom. The molecule has 1 aromatic carbocycles. The summed E-state index contributed by atoms with van der Waals surface area (Å²) in [6.45, 7) is 4.09. The van der Waals surface area contributed by atoms with Crippen LogP contribution in [0.3, 0.4) is 0 Å². The minimum absolute atomic E-state index is 0.172. The number of amides is 1. The quantitative estimate of drug-likeness (QED) is 0.780. The van der Waals surface area contributed by atoms with Gasteiger partial charge in [0, 0.05) is 24.5 Å². The number of nitrogens with two attached hydrogens (primary N) is 1. The number of phenols is 1. The van der Waals surface area contributed by atoms with E-state index in [0.717, 1.165) is 5.52 Å². The van der Waals surface area contributed by atoms with E-state index in [1.807, 2.05) is 19.9 Å². The lowest BCUT2D eigenvalue weighted by molar-refractivity contribution is 0.0908. The molecule has 5 nitrogen and oxygen atoms in total. The molecule has 1 heterocycles. The summed E-state index contributed by atoms with van der Waals surface area (Å²) in [5, 5.41) is 13.3. The van der Waals surface area contributed by atoms with Crippen molar-refractivity contribution in [2.24, 2.45) is 12.8 Å². The van der Waals surface area contributed by atoms with Crippen LogP contribution in [0.2, 0.25) is 0 Å². The highest BCUT2D eigenvalue weighted by molar-refractivity contribution is 6.00. The van der Waals surface area contributed by atoms with Crippen molar-refractivity contribution < 1.29 is 9.90 Å². The number of benzene rings is 1. The fourth-order valence-corrected chi connectivity index (χ4v) is 1.99. The van der Waals surface area contributed by atoms with E-state index in [0.29, 0.717) is 17.6 Å². The van der Waals surface area contributed by atoms with Gasteiger partial charge in [-0.2, -0.15) is 0 Å². The number of nitrogens with zero attached hydrogens (tertiary/aromatic N) is 1. The van der Waals surface area contributed by atoms with E-state index in [4.69, 9.17) is 5.73 Å².